The molecule has 1 aliphatic carbocycles. The van der Waals surface area contributed by atoms with Crippen LogP contribution in [0.25, 0.3) is 0 Å². The molecule has 1 aliphatic rings. The van der Waals surface area contributed by atoms with Crippen molar-refractivity contribution in [3.05, 3.63) is 22.7 Å². The minimum absolute atomic E-state index is 0.417. The molecule has 1 rings (SSSR count). The Labute approximate surface area is 68.1 Å². The summed E-state index contributed by atoms with van der Waals surface area (Å²) in [7, 11) is 0.417. The van der Waals surface area contributed by atoms with Gasteiger partial charge in [-0.05, 0) is 0 Å². The monoisotopic (exact) mass is 181 g/mol. The average molecular weight is 181 g/mol. The Morgan fingerprint density at radius 1 is 1.56 bits per heavy atom. The van der Waals surface area contributed by atoms with E-state index in [0.29, 0.717) is 9.52 Å². The maximum absolute atomic E-state index is 3.74. The van der Waals surface area contributed by atoms with E-state index in [9.17, 15) is 0 Å². The van der Waals surface area contributed by atoms with E-state index in [-0.39, 0.29) is 0 Å². The Bertz CT molecular complexity index is 116. The predicted octanol–water partition coefficient (Wildman–Crippen LogP) is 1.63. The normalized spacial score (nSPS) is 14.3. The van der Waals surface area contributed by atoms with Crippen LogP contribution in [0, 0.1) is 0 Å². The van der Waals surface area contributed by atoms with E-state index in [1.54, 1.807) is 0 Å². The molecule has 0 aromatic heterocycles. The van der Waals surface area contributed by atoms with Gasteiger partial charge in [0.1, 0.15) is 0 Å². The standard InChI is InChI=1S/C5H5.C2H8Si.Fe/c1-2-4-5-3-1;1-3-2;/h1-3H,4H2;3H2,1-2H3;. The SMILES string of the molecule is C[SiH2]C.[Fe][C]1=CC=CC1. The van der Waals surface area contributed by atoms with Crippen molar-refractivity contribution in [1.82, 2.24) is 0 Å². The van der Waals surface area contributed by atoms with E-state index in [0.717, 1.165) is 6.42 Å². The molecule has 0 nitrogen and oxygen atoms in total. The van der Waals surface area contributed by atoms with Crippen LogP contribution in [0.15, 0.2) is 22.7 Å². The zero-order valence-electron chi connectivity index (χ0n) is 6.00. The molecule has 0 fully saturated rings. The molecule has 0 radical (unpaired) electrons. The molecule has 2 heteroatoms. The first-order valence-electron chi connectivity index (χ1n) is 3.31. The Hall–Kier alpha value is 0.216. The minimum atomic E-state index is 0.417. The zero-order chi connectivity index (χ0) is 7.11. The maximum atomic E-state index is 3.74. The fraction of sp³-hybridized carbons (Fsp3) is 0.429. The summed E-state index contributed by atoms with van der Waals surface area (Å²) < 4.78 is 1.22. The van der Waals surface area contributed by atoms with Gasteiger partial charge in [0.05, 0.1) is 0 Å². The molecule has 53 valence electrons. The van der Waals surface area contributed by atoms with Crippen LogP contribution in [0.4, 0.5) is 0 Å². The van der Waals surface area contributed by atoms with Crippen LogP contribution in [0.1, 0.15) is 6.42 Å². The summed E-state index contributed by atoms with van der Waals surface area (Å²) >= 11 is 3.74. The first kappa shape index (κ1) is 9.22. The Morgan fingerprint density at radius 3 is 2.22 bits per heavy atom. The van der Waals surface area contributed by atoms with Gasteiger partial charge in [-0.3, -0.25) is 0 Å². The Morgan fingerprint density at radius 2 is 2.11 bits per heavy atom. The molecule has 0 aromatic carbocycles. The van der Waals surface area contributed by atoms with Crippen LogP contribution in [-0.4, -0.2) is 9.52 Å². The van der Waals surface area contributed by atoms with Crippen molar-refractivity contribution in [1.29, 1.82) is 0 Å². The molecule has 0 heterocycles. The van der Waals surface area contributed by atoms with Crippen LogP contribution < -0.4 is 0 Å². The van der Waals surface area contributed by atoms with Crippen LogP contribution in [0.5, 0.6) is 0 Å². The predicted molar refractivity (Wildman–Crippen MR) is 42.1 cm³/mol. The molecule has 0 unspecified atom stereocenters. The van der Waals surface area contributed by atoms with E-state index in [4.69, 9.17) is 0 Å². The summed E-state index contributed by atoms with van der Waals surface area (Å²) in [6, 6.07) is 0. The van der Waals surface area contributed by atoms with E-state index in [2.05, 4.69) is 35.2 Å². The summed E-state index contributed by atoms with van der Waals surface area (Å²) in [5.41, 5.74) is 0. The summed E-state index contributed by atoms with van der Waals surface area (Å²) in [6.45, 7) is 4.53. The average Bonchev–Trinajstić information content (AvgIpc) is 2.20. The number of hydrogen-bond donors (Lipinski definition) is 0. The van der Waals surface area contributed by atoms with E-state index >= 15 is 0 Å². The fourth-order valence-corrected chi connectivity index (χ4v) is 0.652. The topological polar surface area (TPSA) is 0 Å². The second kappa shape index (κ2) is 6.34. The van der Waals surface area contributed by atoms with Crippen molar-refractivity contribution in [3.8, 4) is 0 Å². The van der Waals surface area contributed by atoms with Gasteiger partial charge in [0.25, 0.3) is 0 Å². The summed E-state index contributed by atoms with van der Waals surface area (Å²) in [5, 5.41) is 0. The number of hydrogen-bond acceptors (Lipinski definition) is 0. The van der Waals surface area contributed by atoms with Crippen molar-refractivity contribution in [2.45, 2.75) is 19.5 Å². The molecular weight excluding hydrogens is 168 g/mol. The number of allylic oxidation sites excluding steroid dienone is 4. The van der Waals surface area contributed by atoms with Crippen LogP contribution in [-0.2, 0) is 16.0 Å². The zero-order valence-corrected chi connectivity index (χ0v) is 8.52. The van der Waals surface area contributed by atoms with Gasteiger partial charge < -0.3 is 0 Å². The summed E-state index contributed by atoms with van der Waals surface area (Å²) in [5.74, 6) is 0. The quantitative estimate of drug-likeness (QED) is 0.498. The van der Waals surface area contributed by atoms with Crippen LogP contribution >= 0.6 is 0 Å². The third kappa shape index (κ3) is 6.10. The third-order valence-electron chi connectivity index (χ3n) is 0.717. The van der Waals surface area contributed by atoms with Gasteiger partial charge in [-0.25, -0.2) is 0 Å². The van der Waals surface area contributed by atoms with Crippen molar-refractivity contribution in [3.63, 3.8) is 0 Å². The van der Waals surface area contributed by atoms with Gasteiger partial charge in [-0.1, -0.05) is 13.1 Å². The summed E-state index contributed by atoms with van der Waals surface area (Å²) in [4.78, 5) is 0. The van der Waals surface area contributed by atoms with Crippen molar-refractivity contribution >= 4 is 9.52 Å². The Balaban J connectivity index is 0.000000187. The molecule has 0 spiro atoms. The number of rotatable bonds is 0. The molecule has 0 aliphatic heterocycles. The molecule has 0 N–H and O–H groups in total. The molecule has 0 saturated heterocycles. The van der Waals surface area contributed by atoms with Gasteiger partial charge in [0.15, 0.2) is 0 Å². The molecule has 0 bridgehead atoms. The molecular formula is C7H13FeSi. The van der Waals surface area contributed by atoms with Crippen molar-refractivity contribution < 1.29 is 16.0 Å². The molecule has 0 aromatic rings. The van der Waals surface area contributed by atoms with Crippen LogP contribution in [0.3, 0.4) is 0 Å². The molecule has 0 saturated carbocycles. The van der Waals surface area contributed by atoms with Gasteiger partial charge in [-0.2, -0.15) is 0 Å². The molecule has 9 heavy (non-hydrogen) atoms. The van der Waals surface area contributed by atoms with Gasteiger partial charge >= 0.3 is 45.1 Å². The van der Waals surface area contributed by atoms with E-state index in [1.807, 2.05) is 12.2 Å². The first-order valence-corrected chi connectivity index (χ1v) is 6.69. The van der Waals surface area contributed by atoms with Crippen molar-refractivity contribution in [2.75, 3.05) is 0 Å². The molecule has 0 amide bonds. The van der Waals surface area contributed by atoms with E-state index < -0.39 is 0 Å². The van der Waals surface area contributed by atoms with Gasteiger partial charge in [0, 0.05) is 9.52 Å². The molecule has 0 atom stereocenters. The Kier molecular flexibility index (Phi) is 6.49. The third-order valence-corrected chi connectivity index (χ3v) is 1.13. The van der Waals surface area contributed by atoms with Crippen molar-refractivity contribution in [2.24, 2.45) is 0 Å². The van der Waals surface area contributed by atoms with E-state index in [1.165, 1.54) is 4.47 Å². The second-order valence-electron chi connectivity index (χ2n) is 1.94. The summed E-state index contributed by atoms with van der Waals surface area (Å²) in [6.07, 6.45) is 7.21. The van der Waals surface area contributed by atoms with Crippen LogP contribution in [0.2, 0.25) is 13.1 Å². The fourth-order valence-electron chi connectivity index (χ4n) is 0.416. The van der Waals surface area contributed by atoms with Gasteiger partial charge in [-0.15, -0.1) is 0 Å². The van der Waals surface area contributed by atoms with Gasteiger partial charge in [0.2, 0.25) is 0 Å². The first-order chi connectivity index (χ1) is 4.31. The second-order valence-corrected chi connectivity index (χ2v) is 4.06.